The van der Waals surface area contributed by atoms with Gasteiger partial charge in [0.15, 0.2) is 0 Å². The lowest BCUT2D eigenvalue weighted by Crippen LogP contribution is -2.55. The number of nitrogens with zero attached hydrogens (tertiary/aromatic N) is 3. The molecule has 1 aromatic rings. The van der Waals surface area contributed by atoms with Crippen LogP contribution in [0.1, 0.15) is 25.3 Å². The molecule has 2 saturated heterocycles. The van der Waals surface area contributed by atoms with Crippen molar-refractivity contribution in [2.75, 3.05) is 57.3 Å². The number of alkyl halides is 3. The van der Waals surface area contributed by atoms with Crippen LogP contribution < -0.4 is 10.2 Å². The second-order valence-electron chi connectivity index (χ2n) is 7.65. The first kappa shape index (κ1) is 20.9. The van der Waals surface area contributed by atoms with Gasteiger partial charge in [0.25, 0.3) is 0 Å². The molecule has 0 saturated carbocycles. The first-order valence-electron chi connectivity index (χ1n) is 9.96. The first-order valence-corrected chi connectivity index (χ1v) is 9.96. The van der Waals surface area contributed by atoms with Crippen LogP contribution >= 0.6 is 0 Å². The van der Waals surface area contributed by atoms with E-state index in [0.29, 0.717) is 18.3 Å². The summed E-state index contributed by atoms with van der Waals surface area (Å²) in [5.41, 5.74) is 0.0598. The van der Waals surface area contributed by atoms with Crippen LogP contribution in [0.25, 0.3) is 0 Å². The highest BCUT2D eigenvalue weighted by Crippen LogP contribution is 2.32. The number of amides is 1. The number of likely N-dealkylation sites (tertiary alicyclic amines) is 1. The van der Waals surface area contributed by atoms with Gasteiger partial charge in [-0.3, -0.25) is 9.69 Å². The fourth-order valence-corrected chi connectivity index (χ4v) is 4.15. The Hall–Kier alpha value is -1.80. The number of benzene rings is 1. The summed E-state index contributed by atoms with van der Waals surface area (Å²) in [5.74, 6) is -0.000672. The average molecular weight is 398 g/mol. The van der Waals surface area contributed by atoms with Crippen LogP contribution in [-0.4, -0.2) is 74.1 Å². The maximum Gasteiger partial charge on any atom is 0.416 e. The van der Waals surface area contributed by atoms with Crippen LogP contribution in [0.2, 0.25) is 0 Å². The van der Waals surface area contributed by atoms with Crippen molar-refractivity contribution < 1.29 is 18.0 Å². The van der Waals surface area contributed by atoms with Crippen LogP contribution in [0.5, 0.6) is 0 Å². The van der Waals surface area contributed by atoms with E-state index in [4.69, 9.17) is 0 Å². The topological polar surface area (TPSA) is 38.8 Å². The minimum Gasteiger partial charge on any atom is -0.369 e. The van der Waals surface area contributed by atoms with Crippen LogP contribution in [0.15, 0.2) is 24.3 Å². The molecule has 0 unspecified atom stereocenters. The van der Waals surface area contributed by atoms with Gasteiger partial charge in [-0.05, 0) is 37.6 Å². The van der Waals surface area contributed by atoms with Crippen LogP contribution in [0, 0.1) is 0 Å². The zero-order valence-electron chi connectivity index (χ0n) is 16.3. The molecule has 1 aromatic carbocycles. The lowest BCUT2D eigenvalue weighted by Gasteiger charge is -2.44. The second kappa shape index (κ2) is 9.13. The molecule has 3 rings (SSSR count). The van der Waals surface area contributed by atoms with Crippen molar-refractivity contribution in [3.05, 3.63) is 29.8 Å². The lowest BCUT2D eigenvalue weighted by atomic mass is 10.0. The molecule has 0 spiro atoms. The number of carbonyl (C=O) groups is 1. The molecule has 2 fully saturated rings. The standard InChI is InChI=1S/C20H29F3N4O/c1-16(28)24-7-9-25-8-3-6-19(15-25)27-12-10-26(11-13-27)18-5-2-4-17(14-18)20(21,22)23/h2,4-5,14,19H,3,6-13,15H2,1H3,(H,24,28)/t19-/m1/s1. The monoisotopic (exact) mass is 398 g/mol. The fourth-order valence-electron chi connectivity index (χ4n) is 4.15. The van der Waals surface area contributed by atoms with E-state index in [2.05, 4.69) is 15.1 Å². The number of piperazine rings is 1. The summed E-state index contributed by atoms with van der Waals surface area (Å²) < 4.78 is 38.9. The Bertz CT molecular complexity index is 659. The number of hydrogen-bond acceptors (Lipinski definition) is 4. The summed E-state index contributed by atoms with van der Waals surface area (Å²) in [6.45, 7) is 8.31. The smallest absolute Gasteiger partial charge is 0.369 e. The maximum atomic E-state index is 13.0. The molecule has 0 radical (unpaired) electrons. The highest BCUT2D eigenvalue weighted by Gasteiger charge is 2.32. The van der Waals surface area contributed by atoms with Gasteiger partial charge in [-0.25, -0.2) is 0 Å². The molecule has 156 valence electrons. The van der Waals surface area contributed by atoms with Crippen molar-refractivity contribution in [1.29, 1.82) is 0 Å². The zero-order valence-corrected chi connectivity index (χ0v) is 16.3. The third-order valence-electron chi connectivity index (χ3n) is 5.65. The SMILES string of the molecule is CC(=O)NCCN1CCC[C@@H](N2CCN(c3cccc(C(F)(F)F)c3)CC2)C1. The van der Waals surface area contributed by atoms with Crippen molar-refractivity contribution in [3.63, 3.8) is 0 Å². The Labute approximate surface area is 164 Å². The van der Waals surface area contributed by atoms with E-state index in [-0.39, 0.29) is 5.91 Å². The average Bonchev–Trinajstić information content (AvgIpc) is 2.68. The molecule has 2 aliphatic heterocycles. The second-order valence-corrected chi connectivity index (χ2v) is 7.65. The molecule has 1 atom stereocenters. The van der Waals surface area contributed by atoms with Gasteiger partial charge >= 0.3 is 6.18 Å². The third-order valence-corrected chi connectivity index (χ3v) is 5.65. The molecule has 8 heteroatoms. The molecule has 5 nitrogen and oxygen atoms in total. The van der Waals surface area contributed by atoms with Gasteiger partial charge in [0.05, 0.1) is 5.56 Å². The Kier molecular flexibility index (Phi) is 6.82. The summed E-state index contributed by atoms with van der Waals surface area (Å²) in [7, 11) is 0. The van der Waals surface area contributed by atoms with E-state index in [1.165, 1.54) is 19.1 Å². The summed E-state index contributed by atoms with van der Waals surface area (Å²) >= 11 is 0. The Morgan fingerprint density at radius 2 is 1.93 bits per heavy atom. The molecule has 2 heterocycles. The summed E-state index contributed by atoms with van der Waals surface area (Å²) in [5, 5.41) is 2.85. The van der Waals surface area contributed by atoms with Gasteiger partial charge in [-0.1, -0.05) is 6.07 Å². The van der Waals surface area contributed by atoms with Gasteiger partial charge in [0.2, 0.25) is 5.91 Å². The molecule has 1 amide bonds. The molecule has 0 aliphatic carbocycles. The van der Waals surface area contributed by atoms with Gasteiger partial charge in [-0.15, -0.1) is 0 Å². The Morgan fingerprint density at radius 1 is 1.18 bits per heavy atom. The van der Waals surface area contributed by atoms with Crippen molar-refractivity contribution in [2.24, 2.45) is 0 Å². The van der Waals surface area contributed by atoms with Gasteiger partial charge < -0.3 is 15.1 Å². The summed E-state index contributed by atoms with van der Waals surface area (Å²) in [6.07, 6.45) is -2.01. The number of halogens is 3. The third kappa shape index (κ3) is 5.61. The van der Waals surface area contributed by atoms with Crippen molar-refractivity contribution in [3.8, 4) is 0 Å². The largest absolute Gasteiger partial charge is 0.416 e. The minimum atomic E-state index is -4.30. The quantitative estimate of drug-likeness (QED) is 0.827. The molecule has 0 bridgehead atoms. The van der Waals surface area contributed by atoms with E-state index >= 15 is 0 Å². The van der Waals surface area contributed by atoms with E-state index < -0.39 is 11.7 Å². The van der Waals surface area contributed by atoms with E-state index in [0.717, 1.165) is 64.7 Å². The number of piperidine rings is 1. The summed E-state index contributed by atoms with van der Waals surface area (Å²) in [6, 6.07) is 6.10. The highest BCUT2D eigenvalue weighted by atomic mass is 19.4. The zero-order chi connectivity index (χ0) is 20.1. The normalized spacial score (nSPS) is 22.3. The van der Waals surface area contributed by atoms with E-state index in [1.54, 1.807) is 6.07 Å². The van der Waals surface area contributed by atoms with E-state index in [9.17, 15) is 18.0 Å². The van der Waals surface area contributed by atoms with Crippen LogP contribution in [-0.2, 0) is 11.0 Å². The molecular formula is C20H29F3N4O. The van der Waals surface area contributed by atoms with Crippen LogP contribution in [0.4, 0.5) is 18.9 Å². The number of hydrogen-bond donors (Lipinski definition) is 1. The number of anilines is 1. The molecular weight excluding hydrogens is 369 g/mol. The van der Waals surface area contributed by atoms with Crippen LogP contribution in [0.3, 0.4) is 0 Å². The van der Waals surface area contributed by atoms with E-state index in [1.807, 2.05) is 4.90 Å². The fraction of sp³-hybridized carbons (Fsp3) is 0.650. The van der Waals surface area contributed by atoms with Gasteiger partial charge in [-0.2, -0.15) is 13.2 Å². The Morgan fingerprint density at radius 3 is 2.61 bits per heavy atom. The van der Waals surface area contributed by atoms with Gasteiger partial charge in [0, 0.05) is 64.5 Å². The first-order chi connectivity index (χ1) is 13.3. The van der Waals surface area contributed by atoms with Crippen molar-refractivity contribution in [2.45, 2.75) is 32.0 Å². The predicted octanol–water partition coefficient (Wildman–Crippen LogP) is 2.43. The Balaban J connectivity index is 1.50. The minimum absolute atomic E-state index is 0.000672. The summed E-state index contributed by atoms with van der Waals surface area (Å²) in [4.78, 5) is 17.9. The number of nitrogens with one attached hydrogen (secondary N) is 1. The molecule has 28 heavy (non-hydrogen) atoms. The lowest BCUT2D eigenvalue weighted by molar-refractivity contribution is -0.137. The maximum absolute atomic E-state index is 13.0. The number of rotatable bonds is 5. The van der Waals surface area contributed by atoms with Crippen molar-refractivity contribution >= 4 is 11.6 Å². The number of carbonyl (C=O) groups excluding carboxylic acids is 1. The predicted molar refractivity (Wildman–Crippen MR) is 103 cm³/mol. The highest BCUT2D eigenvalue weighted by molar-refractivity contribution is 5.72. The van der Waals surface area contributed by atoms with Crippen molar-refractivity contribution in [1.82, 2.24) is 15.1 Å². The molecule has 0 aromatic heterocycles. The molecule has 2 aliphatic rings. The van der Waals surface area contributed by atoms with Gasteiger partial charge in [0.1, 0.15) is 0 Å². The molecule has 1 N–H and O–H groups in total.